The quantitative estimate of drug-likeness (QED) is 0.753. The number of hydrogen-bond donors (Lipinski definition) is 2. The summed E-state index contributed by atoms with van der Waals surface area (Å²) in [6.07, 6.45) is 13.6. The van der Waals surface area contributed by atoms with E-state index in [2.05, 4.69) is 31.5 Å². The molecule has 0 radical (unpaired) electrons. The van der Waals surface area contributed by atoms with Crippen molar-refractivity contribution in [3.05, 3.63) is 0 Å². The zero-order valence-electron chi connectivity index (χ0n) is 16.1. The largest absolute Gasteiger partial charge is 0.317 e. The van der Waals surface area contributed by atoms with E-state index in [0.29, 0.717) is 10.8 Å². The van der Waals surface area contributed by atoms with E-state index in [4.69, 9.17) is 0 Å². The molecule has 2 heteroatoms. The van der Waals surface area contributed by atoms with Gasteiger partial charge in [0.25, 0.3) is 0 Å². The Balaban J connectivity index is 1.42. The van der Waals surface area contributed by atoms with Gasteiger partial charge in [-0.1, -0.05) is 6.92 Å². The van der Waals surface area contributed by atoms with Crippen molar-refractivity contribution in [2.45, 2.75) is 83.7 Å². The lowest BCUT2D eigenvalue weighted by atomic mass is 9.44. The first kappa shape index (κ1) is 16.1. The predicted molar refractivity (Wildman–Crippen MR) is 99.9 cm³/mol. The Morgan fingerprint density at radius 2 is 1.75 bits per heavy atom. The third-order valence-electron chi connectivity index (χ3n) is 10.2. The summed E-state index contributed by atoms with van der Waals surface area (Å²) in [5.41, 5.74) is 1.36. The maximum absolute atomic E-state index is 3.88. The van der Waals surface area contributed by atoms with Gasteiger partial charge >= 0.3 is 0 Å². The van der Waals surface area contributed by atoms with Gasteiger partial charge in [0.15, 0.2) is 0 Å². The fourth-order valence-electron chi connectivity index (χ4n) is 8.96. The molecule has 4 aliphatic carbocycles. The summed E-state index contributed by atoms with van der Waals surface area (Å²) in [5.74, 6) is 5.15. The lowest BCUT2D eigenvalue weighted by molar-refractivity contribution is -0.112. The first-order valence-corrected chi connectivity index (χ1v) is 11.0. The molecule has 5 fully saturated rings. The first-order valence-electron chi connectivity index (χ1n) is 11.0. The number of nitrogens with one attached hydrogen (secondary N) is 2. The van der Waals surface area contributed by atoms with Crippen LogP contribution in [0.4, 0.5) is 0 Å². The van der Waals surface area contributed by atoms with Crippen molar-refractivity contribution in [3.8, 4) is 0 Å². The number of fused-ring (bicyclic) bond motifs is 4. The molecule has 4 saturated carbocycles. The lowest BCUT2D eigenvalue weighted by Crippen LogP contribution is -2.55. The Morgan fingerprint density at radius 3 is 2.58 bits per heavy atom. The molecular weight excluding hydrogens is 292 g/mol. The van der Waals surface area contributed by atoms with Crippen LogP contribution in [0.2, 0.25) is 0 Å². The average Bonchev–Trinajstić information content (AvgIpc) is 3.12. The molecule has 136 valence electrons. The molecule has 5 rings (SSSR count). The predicted octanol–water partition coefficient (Wildman–Crippen LogP) is 4.21. The SMILES string of the molecule is CN[C@H]1CC[C@@]2(C)C(CC[C@H]3[C@@H]4CC[C@@H]5[C@H](C)NC[C@@]54CC[C@@H]32)C1. The first-order chi connectivity index (χ1) is 11.6. The van der Waals surface area contributed by atoms with Crippen molar-refractivity contribution in [2.24, 2.45) is 40.4 Å². The topological polar surface area (TPSA) is 24.1 Å². The molecule has 0 aromatic carbocycles. The molecule has 2 N–H and O–H groups in total. The van der Waals surface area contributed by atoms with Gasteiger partial charge in [-0.25, -0.2) is 0 Å². The van der Waals surface area contributed by atoms with Crippen LogP contribution in [0.5, 0.6) is 0 Å². The van der Waals surface area contributed by atoms with Crippen molar-refractivity contribution >= 4 is 0 Å². The summed E-state index contributed by atoms with van der Waals surface area (Å²) >= 11 is 0. The maximum Gasteiger partial charge on any atom is 0.00731 e. The van der Waals surface area contributed by atoms with Crippen molar-refractivity contribution in [3.63, 3.8) is 0 Å². The molecule has 0 aromatic rings. The van der Waals surface area contributed by atoms with Crippen LogP contribution in [0, 0.1) is 40.4 Å². The third kappa shape index (κ3) is 1.96. The van der Waals surface area contributed by atoms with Gasteiger partial charge in [0, 0.05) is 18.6 Å². The molecule has 1 unspecified atom stereocenters. The van der Waals surface area contributed by atoms with Crippen LogP contribution in [0.1, 0.15) is 71.6 Å². The van der Waals surface area contributed by atoms with Crippen molar-refractivity contribution in [1.29, 1.82) is 0 Å². The Kier molecular flexibility index (Phi) is 3.67. The highest BCUT2D eigenvalue weighted by Gasteiger charge is 2.63. The fourth-order valence-corrected chi connectivity index (χ4v) is 8.96. The highest BCUT2D eigenvalue weighted by Crippen LogP contribution is 2.68. The monoisotopic (exact) mass is 330 g/mol. The van der Waals surface area contributed by atoms with E-state index in [0.717, 1.165) is 41.7 Å². The Morgan fingerprint density at radius 1 is 0.917 bits per heavy atom. The molecule has 1 saturated heterocycles. The summed E-state index contributed by atoms with van der Waals surface area (Å²) in [6, 6.07) is 1.58. The van der Waals surface area contributed by atoms with E-state index < -0.39 is 0 Å². The Bertz CT molecular complexity index is 504. The van der Waals surface area contributed by atoms with Crippen molar-refractivity contribution in [1.82, 2.24) is 10.6 Å². The average molecular weight is 331 g/mol. The van der Waals surface area contributed by atoms with Gasteiger partial charge in [0.2, 0.25) is 0 Å². The molecule has 0 amide bonds. The molecule has 1 heterocycles. The fraction of sp³-hybridized carbons (Fsp3) is 1.00. The Labute approximate surface area is 148 Å². The summed E-state index contributed by atoms with van der Waals surface area (Å²) in [6.45, 7) is 6.51. The summed E-state index contributed by atoms with van der Waals surface area (Å²) < 4.78 is 0. The van der Waals surface area contributed by atoms with Crippen LogP contribution in [0.15, 0.2) is 0 Å². The summed E-state index contributed by atoms with van der Waals surface area (Å²) in [4.78, 5) is 0. The molecule has 0 aromatic heterocycles. The molecule has 2 nitrogen and oxygen atoms in total. The van der Waals surface area contributed by atoms with Gasteiger partial charge in [-0.3, -0.25) is 0 Å². The van der Waals surface area contributed by atoms with Crippen LogP contribution < -0.4 is 10.6 Å². The van der Waals surface area contributed by atoms with Gasteiger partial charge in [0.1, 0.15) is 0 Å². The second-order valence-corrected chi connectivity index (χ2v) is 10.5. The normalized spacial score (nSPS) is 59.4. The van der Waals surface area contributed by atoms with Crippen LogP contribution in [0.25, 0.3) is 0 Å². The van der Waals surface area contributed by atoms with E-state index >= 15 is 0 Å². The summed E-state index contributed by atoms with van der Waals surface area (Å²) in [7, 11) is 2.18. The van der Waals surface area contributed by atoms with Gasteiger partial charge in [-0.15, -0.1) is 0 Å². The van der Waals surface area contributed by atoms with Crippen LogP contribution in [-0.2, 0) is 0 Å². The third-order valence-corrected chi connectivity index (χ3v) is 10.2. The van der Waals surface area contributed by atoms with E-state index in [9.17, 15) is 0 Å². The zero-order chi connectivity index (χ0) is 16.5. The van der Waals surface area contributed by atoms with Gasteiger partial charge in [0.05, 0.1) is 0 Å². The smallest absolute Gasteiger partial charge is 0.00731 e. The van der Waals surface area contributed by atoms with E-state index in [1.807, 2.05) is 0 Å². The highest BCUT2D eigenvalue weighted by molar-refractivity contribution is 5.14. The van der Waals surface area contributed by atoms with E-state index in [1.165, 1.54) is 38.6 Å². The van der Waals surface area contributed by atoms with Gasteiger partial charge < -0.3 is 10.6 Å². The van der Waals surface area contributed by atoms with Crippen molar-refractivity contribution < 1.29 is 0 Å². The van der Waals surface area contributed by atoms with E-state index in [1.54, 1.807) is 25.7 Å². The molecule has 9 atom stereocenters. The molecule has 1 spiro atoms. The minimum absolute atomic E-state index is 0.660. The minimum atomic E-state index is 0.660. The van der Waals surface area contributed by atoms with E-state index in [-0.39, 0.29) is 0 Å². The summed E-state index contributed by atoms with van der Waals surface area (Å²) in [5, 5.41) is 7.47. The minimum Gasteiger partial charge on any atom is -0.317 e. The molecule has 0 bridgehead atoms. The second kappa shape index (κ2) is 5.46. The standard InChI is InChI=1S/C22H38N2/c1-14-18-6-7-20-17-5-4-15-12-16(23-3)8-10-21(15,2)19(17)9-11-22(18,20)13-24-14/h14-20,23-24H,4-13H2,1-3H3/t14-,15?,16-,17+,18+,19-,20-,21-,22-/m0/s1. The zero-order valence-corrected chi connectivity index (χ0v) is 16.1. The van der Waals surface area contributed by atoms with Gasteiger partial charge in [-0.05, 0) is 112 Å². The van der Waals surface area contributed by atoms with Crippen LogP contribution in [0.3, 0.4) is 0 Å². The molecule has 1 aliphatic heterocycles. The van der Waals surface area contributed by atoms with Crippen molar-refractivity contribution in [2.75, 3.05) is 13.6 Å². The van der Waals surface area contributed by atoms with Gasteiger partial charge in [-0.2, -0.15) is 0 Å². The number of hydrogen-bond acceptors (Lipinski definition) is 2. The molecule has 24 heavy (non-hydrogen) atoms. The highest BCUT2D eigenvalue weighted by atomic mass is 15.0. The van der Waals surface area contributed by atoms with Crippen LogP contribution in [-0.4, -0.2) is 25.7 Å². The molecule has 5 aliphatic rings. The number of rotatable bonds is 1. The Hall–Kier alpha value is -0.0800. The maximum atomic E-state index is 3.88. The second-order valence-electron chi connectivity index (χ2n) is 10.5. The molecular formula is C22H38N2. The lowest BCUT2D eigenvalue weighted by Gasteiger charge is -2.61. The van der Waals surface area contributed by atoms with Crippen LogP contribution >= 0.6 is 0 Å².